The van der Waals surface area contributed by atoms with E-state index >= 15 is 0 Å². The minimum Gasteiger partial charge on any atom is -0.506 e. The molecule has 0 saturated carbocycles. The number of benzene rings is 1. The molecular formula is C18H16N4O2. The summed E-state index contributed by atoms with van der Waals surface area (Å²) >= 11 is 0. The topological polar surface area (TPSA) is 88.0 Å². The Bertz CT molecular complexity index is 835. The molecule has 6 heteroatoms. The quantitative estimate of drug-likeness (QED) is 0.771. The summed E-state index contributed by atoms with van der Waals surface area (Å²) in [4.78, 5) is 24.0. The van der Waals surface area contributed by atoms with Crippen molar-refractivity contribution in [2.24, 2.45) is 0 Å². The monoisotopic (exact) mass is 320 g/mol. The van der Waals surface area contributed by atoms with Crippen LogP contribution >= 0.6 is 0 Å². The van der Waals surface area contributed by atoms with Gasteiger partial charge >= 0.3 is 0 Å². The Hall–Kier alpha value is -3.28. The van der Waals surface area contributed by atoms with Crippen molar-refractivity contribution in [3.63, 3.8) is 0 Å². The molecule has 3 rings (SSSR count). The van der Waals surface area contributed by atoms with Crippen LogP contribution in [0, 0.1) is 0 Å². The third-order valence-electron chi connectivity index (χ3n) is 3.64. The molecule has 0 saturated heterocycles. The van der Waals surface area contributed by atoms with Crippen LogP contribution in [0.2, 0.25) is 0 Å². The maximum Gasteiger partial charge on any atom is 0.253 e. The Labute approximate surface area is 139 Å². The molecular weight excluding hydrogens is 304 g/mol. The van der Waals surface area contributed by atoms with Crippen molar-refractivity contribution in [3.05, 3.63) is 72.6 Å². The Morgan fingerprint density at radius 3 is 2.38 bits per heavy atom. The number of aromatic hydroxyl groups is 1. The largest absolute Gasteiger partial charge is 0.506 e. The predicted molar refractivity (Wildman–Crippen MR) is 89.3 cm³/mol. The van der Waals surface area contributed by atoms with Crippen LogP contribution in [-0.2, 0) is 0 Å². The van der Waals surface area contributed by atoms with Crippen LogP contribution < -0.4 is 5.32 Å². The van der Waals surface area contributed by atoms with Crippen LogP contribution in [0.15, 0.2) is 61.4 Å². The highest BCUT2D eigenvalue weighted by Gasteiger charge is 2.12. The van der Waals surface area contributed by atoms with Gasteiger partial charge in [-0.2, -0.15) is 0 Å². The first kappa shape index (κ1) is 15.6. The number of nitrogens with one attached hydrogen (secondary N) is 1. The first-order valence-electron chi connectivity index (χ1n) is 7.44. The number of pyridine rings is 1. The summed E-state index contributed by atoms with van der Waals surface area (Å²) in [5, 5.41) is 12.3. The van der Waals surface area contributed by atoms with Crippen LogP contribution in [-0.4, -0.2) is 26.0 Å². The number of aromatic nitrogens is 3. The SMILES string of the molecule is C[C@@H](NC(=O)c1cncc(O)c1)c1ccc(-c2cncnc2)cc1. The van der Waals surface area contributed by atoms with Crippen molar-refractivity contribution in [3.8, 4) is 16.9 Å². The van der Waals surface area contributed by atoms with E-state index in [1.807, 2.05) is 31.2 Å². The summed E-state index contributed by atoms with van der Waals surface area (Å²) in [6.45, 7) is 1.90. The van der Waals surface area contributed by atoms with Crippen molar-refractivity contribution in [2.75, 3.05) is 0 Å². The zero-order valence-electron chi connectivity index (χ0n) is 13.0. The van der Waals surface area contributed by atoms with Gasteiger partial charge < -0.3 is 10.4 Å². The number of hydrogen-bond donors (Lipinski definition) is 2. The van der Waals surface area contributed by atoms with Crippen molar-refractivity contribution in [1.82, 2.24) is 20.3 Å². The highest BCUT2D eigenvalue weighted by atomic mass is 16.3. The van der Waals surface area contributed by atoms with Crippen LogP contribution in [0.25, 0.3) is 11.1 Å². The minimum absolute atomic E-state index is 0.0373. The Kier molecular flexibility index (Phi) is 4.47. The van der Waals surface area contributed by atoms with Gasteiger partial charge in [0, 0.05) is 24.2 Å². The normalized spacial score (nSPS) is 11.7. The fraction of sp³-hybridized carbons (Fsp3) is 0.111. The molecule has 3 aromatic rings. The summed E-state index contributed by atoms with van der Waals surface area (Å²) in [6.07, 6.45) is 7.70. The van der Waals surface area contributed by atoms with Gasteiger partial charge in [-0.25, -0.2) is 9.97 Å². The lowest BCUT2D eigenvalue weighted by molar-refractivity contribution is 0.0939. The lowest BCUT2D eigenvalue weighted by Gasteiger charge is -2.15. The highest BCUT2D eigenvalue weighted by Crippen LogP contribution is 2.21. The molecule has 0 fully saturated rings. The molecule has 0 aliphatic heterocycles. The van der Waals surface area contributed by atoms with E-state index in [1.165, 1.54) is 24.8 Å². The van der Waals surface area contributed by atoms with Gasteiger partial charge in [0.25, 0.3) is 5.91 Å². The smallest absolute Gasteiger partial charge is 0.253 e. The van der Waals surface area contributed by atoms with Gasteiger partial charge in [-0.3, -0.25) is 9.78 Å². The second-order valence-electron chi connectivity index (χ2n) is 5.38. The molecule has 2 heterocycles. The molecule has 0 aliphatic rings. The zero-order chi connectivity index (χ0) is 16.9. The van der Waals surface area contributed by atoms with Gasteiger partial charge in [0.1, 0.15) is 12.1 Å². The molecule has 6 nitrogen and oxygen atoms in total. The number of rotatable bonds is 4. The second-order valence-corrected chi connectivity index (χ2v) is 5.38. The molecule has 1 aromatic carbocycles. The third kappa shape index (κ3) is 3.55. The standard InChI is InChI=1S/C18H16N4O2/c1-12(22-18(24)15-6-17(23)10-19-7-15)13-2-4-14(5-3-13)16-8-20-11-21-9-16/h2-12,23H,1H3,(H,22,24)/t12-/m1/s1. The first-order chi connectivity index (χ1) is 11.6. The van der Waals surface area contributed by atoms with Crippen molar-refractivity contribution >= 4 is 5.91 Å². The van der Waals surface area contributed by atoms with Crippen LogP contribution in [0.3, 0.4) is 0 Å². The highest BCUT2D eigenvalue weighted by molar-refractivity contribution is 5.94. The Morgan fingerprint density at radius 2 is 1.71 bits per heavy atom. The fourth-order valence-corrected chi connectivity index (χ4v) is 2.33. The van der Waals surface area contributed by atoms with E-state index in [-0.39, 0.29) is 17.7 Å². The van der Waals surface area contributed by atoms with Gasteiger partial charge in [-0.15, -0.1) is 0 Å². The lowest BCUT2D eigenvalue weighted by atomic mass is 10.0. The Balaban J connectivity index is 1.71. The molecule has 120 valence electrons. The van der Waals surface area contributed by atoms with E-state index in [1.54, 1.807) is 12.4 Å². The van der Waals surface area contributed by atoms with Crippen LogP contribution in [0.5, 0.6) is 5.75 Å². The van der Waals surface area contributed by atoms with Gasteiger partial charge in [0.2, 0.25) is 0 Å². The van der Waals surface area contributed by atoms with Gasteiger partial charge in [0.15, 0.2) is 0 Å². The molecule has 2 N–H and O–H groups in total. The molecule has 1 amide bonds. The number of hydrogen-bond acceptors (Lipinski definition) is 5. The Morgan fingerprint density at radius 1 is 1.00 bits per heavy atom. The van der Waals surface area contributed by atoms with E-state index in [9.17, 15) is 9.90 Å². The number of carbonyl (C=O) groups excluding carboxylic acids is 1. The number of carbonyl (C=O) groups is 1. The summed E-state index contributed by atoms with van der Waals surface area (Å²) < 4.78 is 0. The molecule has 0 unspecified atom stereocenters. The van der Waals surface area contributed by atoms with E-state index in [4.69, 9.17) is 0 Å². The van der Waals surface area contributed by atoms with E-state index < -0.39 is 0 Å². The van der Waals surface area contributed by atoms with Crippen LogP contribution in [0.1, 0.15) is 28.9 Å². The maximum absolute atomic E-state index is 12.2. The predicted octanol–water partition coefficient (Wildman–Crippen LogP) is 2.74. The summed E-state index contributed by atoms with van der Waals surface area (Å²) in [5.41, 5.74) is 3.23. The van der Waals surface area contributed by atoms with Crippen LogP contribution in [0.4, 0.5) is 0 Å². The van der Waals surface area contributed by atoms with Crippen molar-refractivity contribution in [2.45, 2.75) is 13.0 Å². The molecule has 0 spiro atoms. The molecule has 24 heavy (non-hydrogen) atoms. The van der Waals surface area contributed by atoms with E-state index in [2.05, 4.69) is 20.3 Å². The summed E-state index contributed by atoms with van der Waals surface area (Å²) in [7, 11) is 0. The first-order valence-corrected chi connectivity index (χ1v) is 7.44. The summed E-state index contributed by atoms with van der Waals surface area (Å²) in [6, 6.07) is 9.04. The van der Waals surface area contributed by atoms with Crippen molar-refractivity contribution in [1.29, 1.82) is 0 Å². The zero-order valence-corrected chi connectivity index (χ0v) is 13.0. The van der Waals surface area contributed by atoms with Gasteiger partial charge in [0.05, 0.1) is 17.8 Å². The minimum atomic E-state index is -0.286. The summed E-state index contributed by atoms with van der Waals surface area (Å²) in [5.74, 6) is -0.323. The van der Waals surface area contributed by atoms with E-state index in [0.29, 0.717) is 5.56 Å². The number of nitrogens with zero attached hydrogens (tertiary/aromatic N) is 3. The fourth-order valence-electron chi connectivity index (χ4n) is 2.33. The van der Waals surface area contributed by atoms with E-state index in [0.717, 1.165) is 16.7 Å². The molecule has 1 atom stereocenters. The average Bonchev–Trinajstić information content (AvgIpc) is 2.62. The molecule has 0 radical (unpaired) electrons. The maximum atomic E-state index is 12.2. The third-order valence-corrected chi connectivity index (χ3v) is 3.64. The molecule has 0 aliphatic carbocycles. The second kappa shape index (κ2) is 6.87. The molecule has 2 aromatic heterocycles. The average molecular weight is 320 g/mol. The van der Waals surface area contributed by atoms with Crippen molar-refractivity contribution < 1.29 is 9.90 Å². The molecule has 0 bridgehead atoms. The number of amides is 1. The van der Waals surface area contributed by atoms with Gasteiger partial charge in [-0.1, -0.05) is 24.3 Å². The van der Waals surface area contributed by atoms with Gasteiger partial charge in [-0.05, 0) is 24.1 Å². The lowest BCUT2D eigenvalue weighted by Crippen LogP contribution is -2.26.